The molecular weight excluding hydrogens is 486 g/mol. The summed E-state index contributed by atoms with van der Waals surface area (Å²) in [7, 11) is 0. The van der Waals surface area contributed by atoms with Gasteiger partial charge in [-0.3, -0.25) is 9.88 Å². The molecule has 1 amide bonds. The molecule has 186 valence electrons. The predicted octanol–water partition coefficient (Wildman–Crippen LogP) is 5.49. The van der Waals surface area contributed by atoms with Crippen molar-refractivity contribution in [3.8, 4) is 16.9 Å². The third-order valence-electron chi connectivity index (χ3n) is 6.40. The Morgan fingerprint density at radius 2 is 2.00 bits per heavy atom. The molecule has 1 fully saturated rings. The van der Waals surface area contributed by atoms with Crippen LogP contribution in [-0.4, -0.2) is 64.4 Å². The van der Waals surface area contributed by atoms with Crippen LogP contribution in [0.3, 0.4) is 0 Å². The Morgan fingerprint density at radius 1 is 1.23 bits per heavy atom. The summed E-state index contributed by atoms with van der Waals surface area (Å²) >= 11 is 8.10. The Hall–Kier alpha value is -2.39. The summed E-state index contributed by atoms with van der Waals surface area (Å²) in [4.78, 5) is 22.2. The first-order valence-corrected chi connectivity index (χ1v) is 13.1. The Balaban J connectivity index is 1.48. The number of hydrogen-bond donors (Lipinski definition) is 1. The number of hydrogen-bond acceptors (Lipinski definition) is 7. The number of benzene rings is 1. The summed E-state index contributed by atoms with van der Waals surface area (Å²) in [5, 5.41) is 10.3. The van der Waals surface area contributed by atoms with Gasteiger partial charge in [0, 0.05) is 65.9 Å². The molecule has 5 rings (SSSR count). The summed E-state index contributed by atoms with van der Waals surface area (Å²) < 4.78 is 12.7. The number of nitrogens with zero attached hydrogens (tertiary/aromatic N) is 3. The minimum atomic E-state index is -0.504. The number of piperazine rings is 1. The quantitative estimate of drug-likeness (QED) is 0.497. The molecule has 1 saturated heterocycles. The number of aliphatic hydroxyl groups is 1. The molecule has 0 spiro atoms. The maximum atomic E-state index is 12.6. The highest BCUT2D eigenvalue weighted by molar-refractivity contribution is 7.19. The molecule has 1 atom stereocenters. The van der Waals surface area contributed by atoms with Gasteiger partial charge in [-0.25, -0.2) is 4.79 Å². The van der Waals surface area contributed by atoms with E-state index in [0.717, 1.165) is 57.0 Å². The van der Waals surface area contributed by atoms with Crippen LogP contribution in [0.2, 0.25) is 5.02 Å². The largest absolute Gasteiger partial charge is 0.493 e. The third-order valence-corrected chi connectivity index (χ3v) is 7.77. The lowest BCUT2D eigenvalue weighted by Gasteiger charge is -2.42. The van der Waals surface area contributed by atoms with Crippen molar-refractivity contribution >= 4 is 39.2 Å². The summed E-state index contributed by atoms with van der Waals surface area (Å²) in [6, 6.07) is 8.00. The van der Waals surface area contributed by atoms with E-state index in [4.69, 9.17) is 21.1 Å². The summed E-state index contributed by atoms with van der Waals surface area (Å²) in [6.07, 6.45) is 2.40. The number of rotatable bonds is 3. The maximum Gasteiger partial charge on any atom is 0.410 e. The van der Waals surface area contributed by atoms with E-state index in [1.807, 2.05) is 45.0 Å². The first-order valence-electron chi connectivity index (χ1n) is 11.9. The number of aliphatic hydroxyl groups excluding tert-OH is 1. The second kappa shape index (κ2) is 9.58. The third kappa shape index (κ3) is 4.98. The molecule has 0 saturated carbocycles. The van der Waals surface area contributed by atoms with Crippen molar-refractivity contribution < 1.29 is 19.4 Å². The van der Waals surface area contributed by atoms with Gasteiger partial charge in [-0.1, -0.05) is 11.6 Å². The zero-order chi connectivity index (χ0) is 24.7. The smallest absolute Gasteiger partial charge is 0.410 e. The zero-order valence-corrected chi connectivity index (χ0v) is 21.8. The fourth-order valence-corrected chi connectivity index (χ4v) is 6.10. The van der Waals surface area contributed by atoms with Crippen LogP contribution in [0.4, 0.5) is 4.79 Å². The topological polar surface area (TPSA) is 75.1 Å². The molecule has 0 radical (unpaired) electrons. The predicted molar refractivity (Wildman–Crippen MR) is 138 cm³/mol. The number of amides is 1. The number of fused-ring (bicyclic) bond motifs is 2. The Kier molecular flexibility index (Phi) is 6.65. The average Bonchev–Trinajstić information content (AvgIpc) is 3.26. The maximum absolute atomic E-state index is 12.6. The molecule has 4 heterocycles. The van der Waals surface area contributed by atoms with Crippen molar-refractivity contribution in [3.05, 3.63) is 45.9 Å². The van der Waals surface area contributed by atoms with Gasteiger partial charge in [0.25, 0.3) is 0 Å². The van der Waals surface area contributed by atoms with Crippen LogP contribution >= 0.6 is 22.9 Å². The van der Waals surface area contributed by atoms with Gasteiger partial charge in [0.05, 0.1) is 23.4 Å². The highest BCUT2D eigenvalue weighted by atomic mass is 35.5. The minimum Gasteiger partial charge on any atom is -0.493 e. The number of halogens is 1. The number of pyridine rings is 1. The summed E-state index contributed by atoms with van der Waals surface area (Å²) in [5.74, 6) is 0.808. The van der Waals surface area contributed by atoms with Crippen molar-refractivity contribution in [2.45, 2.75) is 45.4 Å². The van der Waals surface area contributed by atoms with Crippen molar-refractivity contribution in [3.63, 3.8) is 0 Å². The SMILES string of the molecule is CC(C)(C)OC(=O)N1CCN(C2CCOc3cc(Cl)cc(-c4ccnc5cc(CO)sc45)c32)CC1. The Morgan fingerprint density at radius 3 is 2.71 bits per heavy atom. The van der Waals surface area contributed by atoms with Gasteiger partial charge >= 0.3 is 6.09 Å². The van der Waals surface area contributed by atoms with E-state index in [1.54, 1.807) is 22.4 Å². The lowest BCUT2D eigenvalue weighted by Crippen LogP contribution is -2.51. The molecule has 0 bridgehead atoms. The van der Waals surface area contributed by atoms with Crippen molar-refractivity contribution in [1.29, 1.82) is 0 Å². The van der Waals surface area contributed by atoms with Gasteiger partial charge < -0.3 is 19.5 Å². The molecule has 1 unspecified atom stereocenters. The fourth-order valence-electron chi connectivity index (χ4n) is 4.89. The molecule has 0 aliphatic carbocycles. The normalized spacial score (nSPS) is 18.9. The van der Waals surface area contributed by atoms with Crippen LogP contribution < -0.4 is 4.74 Å². The van der Waals surface area contributed by atoms with Crippen LogP contribution in [0.15, 0.2) is 30.5 Å². The molecule has 7 nitrogen and oxygen atoms in total. The lowest BCUT2D eigenvalue weighted by atomic mass is 9.90. The van der Waals surface area contributed by atoms with Crippen molar-refractivity contribution in [2.24, 2.45) is 0 Å². The molecule has 1 N–H and O–H groups in total. The highest BCUT2D eigenvalue weighted by Crippen LogP contribution is 2.46. The van der Waals surface area contributed by atoms with E-state index >= 15 is 0 Å². The second-order valence-electron chi connectivity index (χ2n) is 9.97. The number of ether oxygens (including phenoxy) is 2. The number of thiophene rings is 1. The van der Waals surface area contributed by atoms with E-state index in [-0.39, 0.29) is 18.7 Å². The van der Waals surface area contributed by atoms with Crippen LogP contribution in [0.5, 0.6) is 5.75 Å². The highest BCUT2D eigenvalue weighted by Gasteiger charge is 2.34. The average molecular weight is 516 g/mol. The molecular formula is C26H30ClN3O4S. The fraction of sp³-hybridized carbons (Fsp3) is 0.462. The van der Waals surface area contributed by atoms with Gasteiger partial charge in [0.15, 0.2) is 0 Å². The van der Waals surface area contributed by atoms with Gasteiger partial charge in [-0.15, -0.1) is 11.3 Å². The molecule has 2 aliphatic heterocycles. The molecule has 3 aromatic rings. The van der Waals surface area contributed by atoms with E-state index in [0.29, 0.717) is 24.7 Å². The van der Waals surface area contributed by atoms with Gasteiger partial charge in [0.2, 0.25) is 0 Å². The van der Waals surface area contributed by atoms with Crippen LogP contribution in [0, 0.1) is 0 Å². The van der Waals surface area contributed by atoms with Crippen LogP contribution in [-0.2, 0) is 11.3 Å². The number of aromatic nitrogens is 1. The molecule has 1 aromatic carbocycles. The Bertz CT molecular complexity index is 1250. The van der Waals surface area contributed by atoms with E-state index in [9.17, 15) is 9.90 Å². The summed E-state index contributed by atoms with van der Waals surface area (Å²) in [5.41, 5.74) is 3.56. The lowest BCUT2D eigenvalue weighted by molar-refractivity contribution is 0.00782. The first kappa shape index (κ1) is 24.3. The van der Waals surface area contributed by atoms with Gasteiger partial charge in [-0.05, 0) is 50.6 Å². The van der Waals surface area contributed by atoms with Crippen molar-refractivity contribution in [1.82, 2.24) is 14.8 Å². The van der Waals surface area contributed by atoms with Crippen LogP contribution in [0.1, 0.15) is 43.7 Å². The van der Waals surface area contributed by atoms with E-state index in [1.165, 1.54) is 0 Å². The second-order valence-corrected chi connectivity index (χ2v) is 11.5. The molecule has 2 aliphatic rings. The van der Waals surface area contributed by atoms with E-state index in [2.05, 4.69) is 9.88 Å². The minimum absolute atomic E-state index is 0.0121. The first-order chi connectivity index (χ1) is 16.7. The van der Waals surface area contributed by atoms with Gasteiger partial charge in [-0.2, -0.15) is 0 Å². The Labute approximate surface area is 214 Å². The molecule has 9 heteroatoms. The van der Waals surface area contributed by atoms with Crippen LogP contribution in [0.25, 0.3) is 21.3 Å². The van der Waals surface area contributed by atoms with Gasteiger partial charge in [0.1, 0.15) is 11.4 Å². The van der Waals surface area contributed by atoms with E-state index < -0.39 is 5.60 Å². The van der Waals surface area contributed by atoms with Crippen molar-refractivity contribution in [2.75, 3.05) is 32.8 Å². The summed E-state index contributed by atoms with van der Waals surface area (Å²) in [6.45, 7) is 9.02. The molecule has 35 heavy (non-hydrogen) atoms. The number of carbonyl (C=O) groups excluding carboxylic acids is 1. The standard InChI is InChI=1S/C26H30ClN3O4S/c1-26(2,3)34-25(32)30-9-7-29(8-10-30)21-5-11-33-22-13-16(27)12-19(23(21)22)18-4-6-28-20-14-17(15-31)35-24(18)20/h4,6,12-14,21,31H,5,7-11,15H2,1-3H3. The number of carbonyl (C=O) groups is 1. The zero-order valence-electron chi connectivity index (χ0n) is 20.2. The molecule has 2 aromatic heterocycles. The monoisotopic (exact) mass is 515 g/mol.